The molecule has 1 atom stereocenters. The van der Waals surface area contributed by atoms with Crippen molar-refractivity contribution in [3.8, 4) is 0 Å². The van der Waals surface area contributed by atoms with E-state index in [9.17, 15) is 4.79 Å². The van der Waals surface area contributed by atoms with E-state index in [0.717, 1.165) is 25.2 Å². The highest BCUT2D eigenvalue weighted by atomic mass is 16.3. The first-order valence-electron chi connectivity index (χ1n) is 5.96. The molecule has 1 unspecified atom stereocenters. The first-order chi connectivity index (χ1) is 8.28. The Labute approximate surface area is 101 Å². The summed E-state index contributed by atoms with van der Waals surface area (Å²) in [5, 5.41) is 11.9. The quantitative estimate of drug-likeness (QED) is 0.815. The van der Waals surface area contributed by atoms with Crippen LogP contribution in [-0.2, 0) is 4.79 Å². The Bertz CT molecular complexity index is 367. The minimum atomic E-state index is 0.00906. The van der Waals surface area contributed by atoms with Crippen LogP contribution < -0.4 is 5.32 Å². The summed E-state index contributed by atoms with van der Waals surface area (Å²) in [4.78, 5) is 13.8. The van der Waals surface area contributed by atoms with Gasteiger partial charge in [0.2, 0.25) is 5.91 Å². The molecule has 1 heterocycles. The van der Waals surface area contributed by atoms with E-state index in [1.807, 2.05) is 30.3 Å². The zero-order chi connectivity index (χ0) is 12.1. The number of nitrogens with one attached hydrogen (secondary N) is 1. The number of aliphatic hydroxyl groups excluding tert-OH is 1. The highest BCUT2D eigenvalue weighted by molar-refractivity contribution is 5.92. The molecule has 2 N–H and O–H groups in total. The number of carbonyl (C=O) groups is 1. The van der Waals surface area contributed by atoms with Gasteiger partial charge in [-0.1, -0.05) is 18.2 Å². The van der Waals surface area contributed by atoms with Crippen LogP contribution in [0.1, 0.15) is 6.42 Å². The van der Waals surface area contributed by atoms with Crippen LogP contribution in [0.3, 0.4) is 0 Å². The smallest absolute Gasteiger partial charge is 0.238 e. The molecule has 0 saturated carbocycles. The Morgan fingerprint density at radius 2 is 2.18 bits per heavy atom. The molecule has 4 heteroatoms. The number of nitrogens with zero attached hydrogens (tertiary/aromatic N) is 1. The van der Waals surface area contributed by atoms with Crippen molar-refractivity contribution >= 4 is 11.6 Å². The lowest BCUT2D eigenvalue weighted by Gasteiger charge is -2.15. The van der Waals surface area contributed by atoms with Crippen molar-refractivity contribution in [1.82, 2.24) is 4.90 Å². The minimum absolute atomic E-state index is 0.00906. The third-order valence-corrected chi connectivity index (χ3v) is 3.05. The Kier molecular flexibility index (Phi) is 4.12. The molecule has 4 nitrogen and oxygen atoms in total. The largest absolute Gasteiger partial charge is 0.396 e. The van der Waals surface area contributed by atoms with E-state index in [2.05, 4.69) is 10.2 Å². The Morgan fingerprint density at radius 1 is 1.41 bits per heavy atom. The fraction of sp³-hybridized carbons (Fsp3) is 0.462. The third-order valence-electron chi connectivity index (χ3n) is 3.05. The summed E-state index contributed by atoms with van der Waals surface area (Å²) in [5.41, 5.74) is 0.829. The fourth-order valence-electron chi connectivity index (χ4n) is 2.13. The number of likely N-dealkylation sites (tertiary alicyclic amines) is 1. The molecule has 0 spiro atoms. The molecule has 1 fully saturated rings. The zero-order valence-corrected chi connectivity index (χ0v) is 9.80. The molecule has 0 aromatic heterocycles. The van der Waals surface area contributed by atoms with E-state index in [1.165, 1.54) is 0 Å². The summed E-state index contributed by atoms with van der Waals surface area (Å²) < 4.78 is 0. The van der Waals surface area contributed by atoms with Crippen LogP contribution >= 0.6 is 0 Å². The molecule has 0 bridgehead atoms. The lowest BCUT2D eigenvalue weighted by molar-refractivity contribution is -0.117. The Hall–Kier alpha value is -1.39. The van der Waals surface area contributed by atoms with Gasteiger partial charge in [0.1, 0.15) is 0 Å². The van der Waals surface area contributed by atoms with Gasteiger partial charge in [0, 0.05) is 18.8 Å². The van der Waals surface area contributed by atoms with Crippen LogP contribution in [0, 0.1) is 5.92 Å². The highest BCUT2D eigenvalue weighted by Gasteiger charge is 2.23. The van der Waals surface area contributed by atoms with Crippen LogP contribution in [0.4, 0.5) is 5.69 Å². The number of hydrogen-bond donors (Lipinski definition) is 2. The lowest BCUT2D eigenvalue weighted by atomic mass is 10.1. The average molecular weight is 234 g/mol. The van der Waals surface area contributed by atoms with E-state index in [1.54, 1.807) is 0 Å². The number of carbonyl (C=O) groups excluding carboxylic acids is 1. The van der Waals surface area contributed by atoms with E-state index in [4.69, 9.17) is 5.11 Å². The molecule has 1 saturated heterocycles. The molecule has 2 rings (SSSR count). The molecular weight excluding hydrogens is 216 g/mol. The topological polar surface area (TPSA) is 52.6 Å². The highest BCUT2D eigenvalue weighted by Crippen LogP contribution is 2.15. The monoisotopic (exact) mass is 234 g/mol. The van der Waals surface area contributed by atoms with Gasteiger partial charge < -0.3 is 10.4 Å². The van der Waals surface area contributed by atoms with Crippen molar-refractivity contribution in [3.05, 3.63) is 30.3 Å². The molecule has 0 aliphatic carbocycles. The standard InChI is InChI=1S/C13H18N2O2/c16-10-11-6-7-15(8-11)9-13(17)14-12-4-2-1-3-5-12/h1-5,11,16H,6-10H2,(H,14,17). The summed E-state index contributed by atoms with van der Waals surface area (Å²) in [6.07, 6.45) is 0.981. The normalized spacial score (nSPS) is 20.4. The van der Waals surface area contributed by atoms with Gasteiger partial charge in [-0.15, -0.1) is 0 Å². The first kappa shape index (κ1) is 12.1. The molecule has 92 valence electrons. The van der Waals surface area contributed by atoms with Gasteiger partial charge >= 0.3 is 0 Å². The second-order valence-electron chi connectivity index (χ2n) is 4.49. The Balaban J connectivity index is 1.78. The summed E-state index contributed by atoms with van der Waals surface area (Å²) in [5.74, 6) is 0.342. The molecule has 1 amide bonds. The van der Waals surface area contributed by atoms with E-state index in [0.29, 0.717) is 12.5 Å². The molecule has 1 aliphatic rings. The zero-order valence-electron chi connectivity index (χ0n) is 9.80. The minimum Gasteiger partial charge on any atom is -0.396 e. The van der Waals surface area contributed by atoms with Crippen molar-refractivity contribution in [2.45, 2.75) is 6.42 Å². The van der Waals surface area contributed by atoms with Gasteiger partial charge in [0.05, 0.1) is 6.54 Å². The summed E-state index contributed by atoms with van der Waals surface area (Å²) in [7, 11) is 0. The number of para-hydroxylation sites is 1. The number of aliphatic hydroxyl groups is 1. The van der Waals surface area contributed by atoms with Crippen molar-refractivity contribution in [1.29, 1.82) is 0 Å². The SMILES string of the molecule is O=C(CN1CCC(CO)C1)Nc1ccccc1. The number of amides is 1. The van der Waals surface area contributed by atoms with Crippen LogP contribution in [0.25, 0.3) is 0 Å². The van der Waals surface area contributed by atoms with E-state index in [-0.39, 0.29) is 12.5 Å². The maximum absolute atomic E-state index is 11.7. The second kappa shape index (κ2) is 5.80. The second-order valence-corrected chi connectivity index (χ2v) is 4.49. The summed E-state index contributed by atoms with van der Waals surface area (Å²) >= 11 is 0. The third kappa shape index (κ3) is 3.54. The van der Waals surface area contributed by atoms with E-state index >= 15 is 0 Å². The molecule has 17 heavy (non-hydrogen) atoms. The lowest BCUT2D eigenvalue weighted by Crippen LogP contribution is -2.31. The maximum atomic E-state index is 11.7. The molecular formula is C13H18N2O2. The van der Waals surface area contributed by atoms with Gasteiger partial charge in [0.25, 0.3) is 0 Å². The predicted octanol–water partition coefficient (Wildman–Crippen LogP) is 0.939. The van der Waals surface area contributed by atoms with Crippen LogP contribution in [0.2, 0.25) is 0 Å². The fourth-order valence-corrected chi connectivity index (χ4v) is 2.13. The van der Waals surface area contributed by atoms with Crippen LogP contribution in [-0.4, -0.2) is 42.2 Å². The molecule has 1 aromatic carbocycles. The van der Waals surface area contributed by atoms with Gasteiger partial charge in [-0.2, -0.15) is 0 Å². The van der Waals surface area contributed by atoms with Crippen LogP contribution in [0.5, 0.6) is 0 Å². The van der Waals surface area contributed by atoms with Crippen LogP contribution in [0.15, 0.2) is 30.3 Å². The number of rotatable bonds is 4. The van der Waals surface area contributed by atoms with Gasteiger partial charge in [-0.3, -0.25) is 9.69 Å². The summed E-state index contributed by atoms with van der Waals surface area (Å²) in [6.45, 7) is 2.34. The predicted molar refractivity (Wildman–Crippen MR) is 66.7 cm³/mol. The molecule has 1 aliphatic heterocycles. The van der Waals surface area contributed by atoms with Crippen molar-refractivity contribution in [3.63, 3.8) is 0 Å². The van der Waals surface area contributed by atoms with Crippen molar-refractivity contribution in [2.24, 2.45) is 5.92 Å². The number of anilines is 1. The van der Waals surface area contributed by atoms with E-state index < -0.39 is 0 Å². The van der Waals surface area contributed by atoms with Crippen molar-refractivity contribution in [2.75, 3.05) is 31.6 Å². The number of benzene rings is 1. The molecule has 1 aromatic rings. The van der Waals surface area contributed by atoms with Gasteiger partial charge in [0.15, 0.2) is 0 Å². The summed E-state index contributed by atoms with van der Waals surface area (Å²) in [6, 6.07) is 9.46. The molecule has 0 radical (unpaired) electrons. The number of hydrogen-bond acceptors (Lipinski definition) is 3. The van der Waals surface area contributed by atoms with Crippen molar-refractivity contribution < 1.29 is 9.90 Å². The Morgan fingerprint density at radius 3 is 2.82 bits per heavy atom. The van der Waals surface area contributed by atoms with Gasteiger partial charge in [-0.25, -0.2) is 0 Å². The first-order valence-corrected chi connectivity index (χ1v) is 5.96. The average Bonchev–Trinajstić information content (AvgIpc) is 2.78. The van der Waals surface area contributed by atoms with Gasteiger partial charge in [-0.05, 0) is 31.0 Å². The maximum Gasteiger partial charge on any atom is 0.238 e.